The molecule has 1 aromatic carbocycles. The van der Waals surface area contributed by atoms with Crippen LogP contribution in [0, 0.1) is 24.4 Å². The van der Waals surface area contributed by atoms with Gasteiger partial charge in [0, 0.05) is 0 Å². The zero-order valence-corrected chi connectivity index (χ0v) is 13.8. The number of thioether (sulfide) groups is 1. The summed E-state index contributed by atoms with van der Waals surface area (Å²) in [6, 6.07) is 0.847. The average molecular weight is 376 g/mol. The van der Waals surface area contributed by atoms with Crippen LogP contribution in [0.3, 0.4) is 0 Å². The molecule has 0 aliphatic carbocycles. The van der Waals surface area contributed by atoms with Gasteiger partial charge in [-0.2, -0.15) is 0 Å². The van der Waals surface area contributed by atoms with Crippen molar-refractivity contribution >= 4 is 55.7 Å². The molecule has 0 radical (unpaired) electrons. The minimum Gasteiger partial charge on any atom is -0.301 e. The third-order valence-corrected chi connectivity index (χ3v) is 5.49. The Bertz CT molecular complexity index is 895. The number of aryl methyl sites for hydroxylation is 1. The Kier molecular flexibility index (Phi) is 4.50. The number of thiazole rings is 1. The van der Waals surface area contributed by atoms with Crippen molar-refractivity contribution in [1.29, 1.82) is 0 Å². The molecule has 0 atom stereocenters. The van der Waals surface area contributed by atoms with Gasteiger partial charge in [-0.05, 0) is 13.0 Å². The molecule has 11 heteroatoms. The molecule has 0 fully saturated rings. The molecular weight excluding hydrogens is 369 g/mol. The van der Waals surface area contributed by atoms with E-state index in [1.165, 1.54) is 23.1 Å². The Balaban J connectivity index is 1.71. The highest BCUT2D eigenvalue weighted by molar-refractivity contribution is 8.01. The molecule has 0 spiro atoms. The van der Waals surface area contributed by atoms with Gasteiger partial charge in [-0.1, -0.05) is 34.4 Å². The Morgan fingerprint density at radius 1 is 1.26 bits per heavy atom. The van der Waals surface area contributed by atoms with Gasteiger partial charge in [-0.3, -0.25) is 4.79 Å². The first-order valence-electron chi connectivity index (χ1n) is 6.11. The van der Waals surface area contributed by atoms with E-state index in [0.717, 1.165) is 22.4 Å². The first-order chi connectivity index (χ1) is 10.9. The maximum absolute atomic E-state index is 13.6. The zero-order chi connectivity index (χ0) is 16.6. The number of aromatic nitrogens is 3. The Morgan fingerprint density at radius 2 is 2.04 bits per heavy atom. The third-order valence-electron chi connectivity index (χ3n) is 2.60. The van der Waals surface area contributed by atoms with Crippen LogP contribution in [0.2, 0.25) is 0 Å². The van der Waals surface area contributed by atoms with Crippen molar-refractivity contribution in [2.24, 2.45) is 0 Å². The predicted octanol–water partition coefficient (Wildman–Crippen LogP) is 3.60. The summed E-state index contributed by atoms with van der Waals surface area (Å²) in [6.45, 7) is 1.80. The lowest BCUT2D eigenvalue weighted by Gasteiger charge is -1.98. The number of benzene rings is 1. The van der Waals surface area contributed by atoms with E-state index in [2.05, 4.69) is 20.5 Å². The zero-order valence-electron chi connectivity index (χ0n) is 11.4. The summed E-state index contributed by atoms with van der Waals surface area (Å²) in [6.07, 6.45) is 0. The monoisotopic (exact) mass is 376 g/mol. The minimum absolute atomic E-state index is 0.0652. The molecule has 1 N–H and O–H groups in total. The molecule has 2 aromatic heterocycles. The Morgan fingerprint density at radius 3 is 2.74 bits per heavy atom. The van der Waals surface area contributed by atoms with Crippen molar-refractivity contribution < 1.29 is 18.0 Å². The highest BCUT2D eigenvalue weighted by Crippen LogP contribution is 2.30. The SMILES string of the molecule is Cc1nnc(SCC(=O)Nc2nc3c(F)c(F)c(F)cc3s2)s1. The summed E-state index contributed by atoms with van der Waals surface area (Å²) in [5, 5.41) is 11.0. The second-order valence-corrected chi connectivity index (χ2v) is 7.71. The van der Waals surface area contributed by atoms with Crippen LogP contribution in [0.1, 0.15) is 5.01 Å². The number of nitrogens with zero attached hydrogens (tertiary/aromatic N) is 3. The number of carbonyl (C=O) groups excluding carboxylic acids is 1. The molecule has 120 valence electrons. The van der Waals surface area contributed by atoms with E-state index < -0.39 is 17.5 Å². The second kappa shape index (κ2) is 6.42. The molecule has 0 bridgehead atoms. The van der Waals surface area contributed by atoms with Gasteiger partial charge in [0.15, 0.2) is 26.9 Å². The highest BCUT2D eigenvalue weighted by atomic mass is 32.2. The van der Waals surface area contributed by atoms with Gasteiger partial charge in [0.05, 0.1) is 10.5 Å². The van der Waals surface area contributed by atoms with Crippen LogP contribution in [-0.2, 0) is 4.79 Å². The number of anilines is 1. The fourth-order valence-electron chi connectivity index (χ4n) is 1.65. The van der Waals surface area contributed by atoms with Crippen molar-refractivity contribution in [1.82, 2.24) is 15.2 Å². The largest absolute Gasteiger partial charge is 0.301 e. The topological polar surface area (TPSA) is 67.8 Å². The molecule has 2 heterocycles. The number of halogens is 3. The number of rotatable bonds is 4. The number of amides is 1. The average Bonchev–Trinajstić information content (AvgIpc) is 3.09. The van der Waals surface area contributed by atoms with E-state index in [4.69, 9.17) is 0 Å². The number of nitrogens with one attached hydrogen (secondary N) is 1. The molecule has 3 rings (SSSR count). The van der Waals surface area contributed by atoms with E-state index >= 15 is 0 Å². The van der Waals surface area contributed by atoms with Crippen molar-refractivity contribution in [2.75, 3.05) is 11.1 Å². The smallest absolute Gasteiger partial charge is 0.236 e. The van der Waals surface area contributed by atoms with Gasteiger partial charge in [-0.25, -0.2) is 18.2 Å². The number of carbonyl (C=O) groups is 1. The van der Waals surface area contributed by atoms with Gasteiger partial charge in [0.25, 0.3) is 0 Å². The summed E-state index contributed by atoms with van der Waals surface area (Å²) in [7, 11) is 0. The Hall–Kier alpha value is -1.72. The minimum atomic E-state index is -1.58. The maximum Gasteiger partial charge on any atom is 0.236 e. The standard InChI is InChI=1S/C12H7F3N4OS3/c1-4-18-19-12(22-4)21-3-7(20)16-11-17-10-6(23-11)2-5(13)8(14)9(10)15/h2H,3H2,1H3,(H,16,17,20). The first kappa shape index (κ1) is 16.1. The van der Waals surface area contributed by atoms with Gasteiger partial charge >= 0.3 is 0 Å². The lowest BCUT2D eigenvalue weighted by molar-refractivity contribution is -0.113. The molecule has 5 nitrogen and oxygen atoms in total. The van der Waals surface area contributed by atoms with Gasteiger partial charge < -0.3 is 5.32 Å². The number of hydrogen-bond donors (Lipinski definition) is 1. The molecule has 0 unspecified atom stereocenters. The van der Waals surface area contributed by atoms with Crippen LogP contribution in [0.5, 0.6) is 0 Å². The van der Waals surface area contributed by atoms with E-state index in [9.17, 15) is 18.0 Å². The van der Waals surface area contributed by atoms with Crippen LogP contribution in [-0.4, -0.2) is 26.8 Å². The summed E-state index contributed by atoms with van der Waals surface area (Å²) in [4.78, 5) is 15.6. The normalized spacial score (nSPS) is 11.1. The molecule has 0 saturated carbocycles. The molecule has 1 amide bonds. The van der Waals surface area contributed by atoms with Gasteiger partial charge in [-0.15, -0.1) is 10.2 Å². The maximum atomic E-state index is 13.6. The van der Waals surface area contributed by atoms with Crippen LogP contribution in [0.15, 0.2) is 10.4 Å². The highest BCUT2D eigenvalue weighted by Gasteiger charge is 2.18. The molecule has 3 aromatic rings. The molecule has 0 aliphatic rings. The van der Waals surface area contributed by atoms with Crippen molar-refractivity contribution in [3.05, 3.63) is 28.5 Å². The lowest BCUT2D eigenvalue weighted by Crippen LogP contribution is -2.13. The van der Waals surface area contributed by atoms with Gasteiger partial charge in [0.1, 0.15) is 10.5 Å². The molecular formula is C12H7F3N4OS3. The fourth-order valence-corrected chi connectivity index (χ4v) is 4.17. The quantitative estimate of drug-likeness (QED) is 0.557. The van der Waals surface area contributed by atoms with Crippen LogP contribution in [0.25, 0.3) is 10.2 Å². The number of fused-ring (bicyclic) bond motifs is 1. The molecule has 23 heavy (non-hydrogen) atoms. The lowest BCUT2D eigenvalue weighted by atomic mass is 10.3. The predicted molar refractivity (Wildman–Crippen MR) is 83.5 cm³/mol. The van der Waals surface area contributed by atoms with Gasteiger partial charge in [0.2, 0.25) is 5.91 Å². The summed E-state index contributed by atoms with van der Waals surface area (Å²) >= 11 is 3.42. The summed E-state index contributed by atoms with van der Waals surface area (Å²) in [5.41, 5.74) is -0.309. The van der Waals surface area contributed by atoms with E-state index in [1.807, 2.05) is 0 Å². The van der Waals surface area contributed by atoms with E-state index in [-0.39, 0.29) is 27.0 Å². The van der Waals surface area contributed by atoms with Crippen LogP contribution < -0.4 is 5.32 Å². The first-order valence-corrected chi connectivity index (χ1v) is 8.72. The van der Waals surface area contributed by atoms with Crippen molar-refractivity contribution in [3.8, 4) is 0 Å². The van der Waals surface area contributed by atoms with Crippen LogP contribution >= 0.6 is 34.4 Å². The van der Waals surface area contributed by atoms with Crippen molar-refractivity contribution in [2.45, 2.75) is 11.3 Å². The number of hydrogen-bond acceptors (Lipinski definition) is 7. The van der Waals surface area contributed by atoms with Crippen LogP contribution in [0.4, 0.5) is 18.3 Å². The summed E-state index contributed by atoms with van der Waals surface area (Å²) in [5.74, 6) is -4.56. The van der Waals surface area contributed by atoms with E-state index in [1.54, 1.807) is 6.92 Å². The van der Waals surface area contributed by atoms with E-state index in [0.29, 0.717) is 4.34 Å². The summed E-state index contributed by atoms with van der Waals surface area (Å²) < 4.78 is 40.7. The third kappa shape index (κ3) is 3.46. The Labute approximate surface area is 140 Å². The molecule has 0 aliphatic heterocycles. The molecule has 0 saturated heterocycles. The second-order valence-electron chi connectivity index (χ2n) is 4.28. The van der Waals surface area contributed by atoms with Crippen molar-refractivity contribution in [3.63, 3.8) is 0 Å². The fraction of sp³-hybridized carbons (Fsp3) is 0.167.